The van der Waals surface area contributed by atoms with Crippen molar-refractivity contribution in [1.82, 2.24) is 4.90 Å². The Kier molecular flexibility index (Phi) is 3.97. The fourth-order valence-electron chi connectivity index (χ4n) is 2.91. The molecular formula is C16H19NOS. The van der Waals surface area contributed by atoms with Crippen LogP contribution < -0.4 is 0 Å². The number of fused-ring (bicyclic) bond motifs is 1. The minimum absolute atomic E-state index is 0.272. The van der Waals surface area contributed by atoms with Crippen LogP contribution in [0.1, 0.15) is 28.5 Å². The van der Waals surface area contributed by atoms with Gasteiger partial charge in [0.05, 0.1) is 6.04 Å². The highest BCUT2D eigenvalue weighted by molar-refractivity contribution is 7.10. The molecule has 0 saturated heterocycles. The Morgan fingerprint density at radius 1 is 1.21 bits per heavy atom. The summed E-state index contributed by atoms with van der Waals surface area (Å²) in [6.45, 7) is 2.33. The van der Waals surface area contributed by atoms with Gasteiger partial charge in [-0.15, -0.1) is 11.3 Å². The second-order valence-electron chi connectivity index (χ2n) is 4.98. The maximum Gasteiger partial charge on any atom is 0.0612 e. The molecule has 100 valence electrons. The molecule has 1 atom stereocenters. The standard InChI is InChI=1S/C16H19NOS/c18-11-4-9-17-10-7-15-14(8-12-19-15)16(17)13-5-2-1-3-6-13/h1-3,5-6,8,12,16,18H,4,7,9-11H2/t16-/m1/s1. The van der Waals surface area contributed by atoms with E-state index in [1.807, 2.05) is 11.3 Å². The van der Waals surface area contributed by atoms with E-state index in [-0.39, 0.29) is 6.61 Å². The number of aliphatic hydroxyl groups excluding tert-OH is 1. The van der Waals surface area contributed by atoms with Crippen LogP contribution in [0.5, 0.6) is 0 Å². The first-order valence-corrected chi connectivity index (χ1v) is 7.74. The zero-order valence-corrected chi connectivity index (χ0v) is 11.8. The van der Waals surface area contributed by atoms with Crippen LogP contribution >= 0.6 is 11.3 Å². The van der Waals surface area contributed by atoms with Crippen LogP contribution in [0, 0.1) is 0 Å². The van der Waals surface area contributed by atoms with Crippen molar-refractivity contribution >= 4 is 11.3 Å². The molecule has 1 aromatic heterocycles. The molecule has 0 unspecified atom stereocenters. The van der Waals surface area contributed by atoms with Gasteiger partial charge in [0.25, 0.3) is 0 Å². The van der Waals surface area contributed by atoms with Gasteiger partial charge in [-0.25, -0.2) is 0 Å². The van der Waals surface area contributed by atoms with Crippen molar-refractivity contribution < 1.29 is 5.11 Å². The van der Waals surface area contributed by atoms with E-state index in [0.29, 0.717) is 6.04 Å². The first-order chi connectivity index (χ1) is 9.40. The maximum atomic E-state index is 9.08. The Balaban J connectivity index is 1.95. The summed E-state index contributed by atoms with van der Waals surface area (Å²) in [5.41, 5.74) is 2.82. The quantitative estimate of drug-likeness (QED) is 0.925. The van der Waals surface area contributed by atoms with Crippen LogP contribution in [-0.2, 0) is 6.42 Å². The molecule has 0 bridgehead atoms. The Hall–Kier alpha value is -1.16. The number of rotatable bonds is 4. The largest absolute Gasteiger partial charge is 0.396 e. The lowest BCUT2D eigenvalue weighted by Crippen LogP contribution is -2.36. The van der Waals surface area contributed by atoms with E-state index in [1.54, 1.807) is 0 Å². The van der Waals surface area contributed by atoms with Crippen LogP contribution in [0.2, 0.25) is 0 Å². The number of hydrogen-bond acceptors (Lipinski definition) is 3. The Labute approximate surface area is 118 Å². The lowest BCUT2D eigenvalue weighted by Gasteiger charge is -2.36. The summed E-state index contributed by atoms with van der Waals surface area (Å²) < 4.78 is 0. The van der Waals surface area contributed by atoms with Gasteiger partial charge in [0.1, 0.15) is 0 Å². The molecular weight excluding hydrogens is 254 g/mol. The number of benzene rings is 1. The van der Waals surface area contributed by atoms with E-state index in [4.69, 9.17) is 5.11 Å². The van der Waals surface area contributed by atoms with Crippen LogP contribution in [0.3, 0.4) is 0 Å². The fourth-order valence-corrected chi connectivity index (χ4v) is 3.81. The third kappa shape index (κ3) is 2.59. The predicted octanol–water partition coefficient (Wildman–Crippen LogP) is 3.08. The Bertz CT molecular complexity index is 523. The summed E-state index contributed by atoms with van der Waals surface area (Å²) in [6.07, 6.45) is 1.99. The molecule has 0 saturated carbocycles. The van der Waals surface area contributed by atoms with Gasteiger partial charge in [-0.1, -0.05) is 30.3 Å². The summed E-state index contributed by atoms with van der Waals surface area (Å²) in [4.78, 5) is 4.02. The molecule has 0 radical (unpaired) electrons. The van der Waals surface area contributed by atoms with Crippen molar-refractivity contribution in [3.05, 3.63) is 57.8 Å². The molecule has 3 rings (SSSR count). The van der Waals surface area contributed by atoms with Gasteiger partial charge < -0.3 is 5.11 Å². The molecule has 0 spiro atoms. The van der Waals surface area contributed by atoms with Crippen molar-refractivity contribution in [2.24, 2.45) is 0 Å². The highest BCUT2D eigenvalue weighted by Crippen LogP contribution is 2.37. The van der Waals surface area contributed by atoms with E-state index in [1.165, 1.54) is 16.0 Å². The number of aliphatic hydroxyl groups is 1. The minimum Gasteiger partial charge on any atom is -0.396 e. The average Bonchev–Trinajstić information content (AvgIpc) is 2.93. The predicted molar refractivity (Wildman–Crippen MR) is 79.6 cm³/mol. The lowest BCUT2D eigenvalue weighted by atomic mass is 9.93. The van der Waals surface area contributed by atoms with Crippen molar-refractivity contribution in [1.29, 1.82) is 0 Å². The Morgan fingerprint density at radius 3 is 2.84 bits per heavy atom. The summed E-state index contributed by atoms with van der Waals surface area (Å²) in [5, 5.41) is 11.3. The molecule has 1 aliphatic rings. The molecule has 1 aromatic carbocycles. The number of nitrogens with zero attached hydrogens (tertiary/aromatic N) is 1. The summed E-state index contributed by atoms with van der Waals surface area (Å²) in [6, 6.07) is 13.3. The molecule has 2 aromatic rings. The first kappa shape index (κ1) is 12.9. The fraction of sp³-hybridized carbons (Fsp3) is 0.375. The molecule has 3 heteroatoms. The summed E-state index contributed by atoms with van der Waals surface area (Å²) >= 11 is 1.87. The highest BCUT2D eigenvalue weighted by Gasteiger charge is 2.28. The van der Waals surface area contributed by atoms with Gasteiger partial charge in [0.2, 0.25) is 0 Å². The molecule has 2 nitrogen and oxygen atoms in total. The van der Waals surface area contributed by atoms with Gasteiger partial charge in [0, 0.05) is 24.6 Å². The highest BCUT2D eigenvalue weighted by atomic mass is 32.1. The van der Waals surface area contributed by atoms with Crippen molar-refractivity contribution in [2.45, 2.75) is 18.9 Å². The van der Waals surface area contributed by atoms with Gasteiger partial charge >= 0.3 is 0 Å². The second kappa shape index (κ2) is 5.87. The monoisotopic (exact) mass is 273 g/mol. The van der Waals surface area contributed by atoms with E-state index in [2.05, 4.69) is 46.7 Å². The topological polar surface area (TPSA) is 23.5 Å². The van der Waals surface area contributed by atoms with E-state index < -0.39 is 0 Å². The molecule has 0 aliphatic carbocycles. The molecule has 1 N–H and O–H groups in total. The van der Waals surface area contributed by atoms with Crippen molar-refractivity contribution in [3.63, 3.8) is 0 Å². The molecule has 19 heavy (non-hydrogen) atoms. The van der Waals surface area contributed by atoms with Crippen molar-refractivity contribution in [2.75, 3.05) is 19.7 Å². The SMILES string of the molecule is OCCCN1CCc2sccc2[C@H]1c1ccccc1. The van der Waals surface area contributed by atoms with Crippen LogP contribution in [0.25, 0.3) is 0 Å². The lowest BCUT2D eigenvalue weighted by molar-refractivity contribution is 0.187. The number of thiophene rings is 1. The van der Waals surface area contributed by atoms with Crippen LogP contribution in [0.4, 0.5) is 0 Å². The zero-order valence-electron chi connectivity index (χ0n) is 11.0. The summed E-state index contributed by atoms with van der Waals surface area (Å²) in [5.74, 6) is 0. The average molecular weight is 273 g/mol. The van der Waals surface area contributed by atoms with E-state index in [0.717, 1.165) is 25.9 Å². The van der Waals surface area contributed by atoms with Gasteiger partial charge in [-0.3, -0.25) is 4.90 Å². The number of hydrogen-bond donors (Lipinski definition) is 1. The van der Waals surface area contributed by atoms with E-state index in [9.17, 15) is 0 Å². The third-order valence-electron chi connectivity index (χ3n) is 3.78. The minimum atomic E-state index is 0.272. The smallest absolute Gasteiger partial charge is 0.0612 e. The molecule has 1 aliphatic heterocycles. The zero-order chi connectivity index (χ0) is 13.1. The maximum absolute atomic E-state index is 9.08. The summed E-state index contributed by atoms with van der Waals surface area (Å²) in [7, 11) is 0. The van der Waals surface area contributed by atoms with Gasteiger partial charge in [-0.05, 0) is 35.4 Å². The van der Waals surface area contributed by atoms with Gasteiger partial charge in [0.15, 0.2) is 0 Å². The molecule has 2 heterocycles. The Morgan fingerprint density at radius 2 is 2.05 bits per heavy atom. The van der Waals surface area contributed by atoms with Gasteiger partial charge in [-0.2, -0.15) is 0 Å². The van der Waals surface area contributed by atoms with E-state index >= 15 is 0 Å². The third-order valence-corrected chi connectivity index (χ3v) is 4.78. The molecule has 0 amide bonds. The van der Waals surface area contributed by atoms with Crippen LogP contribution in [-0.4, -0.2) is 29.7 Å². The first-order valence-electron chi connectivity index (χ1n) is 6.86. The molecule has 0 fully saturated rings. The van der Waals surface area contributed by atoms with Crippen molar-refractivity contribution in [3.8, 4) is 0 Å². The second-order valence-corrected chi connectivity index (χ2v) is 5.98. The van der Waals surface area contributed by atoms with Crippen LogP contribution in [0.15, 0.2) is 41.8 Å². The normalized spacial score (nSPS) is 19.3.